The van der Waals surface area contributed by atoms with Crippen molar-refractivity contribution in [3.8, 4) is 11.5 Å². The zero-order valence-corrected chi connectivity index (χ0v) is 14.3. The molecule has 4 nitrogen and oxygen atoms in total. The van der Waals surface area contributed by atoms with Crippen LogP contribution in [-0.2, 0) is 0 Å². The Kier molecular flexibility index (Phi) is 4.14. The Labute approximate surface area is 141 Å². The van der Waals surface area contributed by atoms with Crippen LogP contribution in [0.15, 0.2) is 36.4 Å². The van der Waals surface area contributed by atoms with Crippen LogP contribution >= 0.6 is 0 Å². The van der Waals surface area contributed by atoms with E-state index in [9.17, 15) is 9.59 Å². The van der Waals surface area contributed by atoms with E-state index in [1.165, 1.54) is 0 Å². The first-order valence-corrected chi connectivity index (χ1v) is 8.09. The number of benzene rings is 2. The van der Waals surface area contributed by atoms with Crippen LogP contribution in [0.4, 0.5) is 0 Å². The summed E-state index contributed by atoms with van der Waals surface area (Å²) in [5.74, 6) is 0.485. The highest BCUT2D eigenvalue weighted by molar-refractivity contribution is 6.30. The Bertz CT molecular complexity index is 749. The summed E-state index contributed by atoms with van der Waals surface area (Å²) in [6.45, 7) is 7.54. The van der Waals surface area contributed by atoms with E-state index in [0.29, 0.717) is 33.8 Å². The third-order valence-electron chi connectivity index (χ3n) is 3.72. The largest absolute Gasteiger partial charge is 0.490 e. The van der Waals surface area contributed by atoms with E-state index in [1.54, 1.807) is 36.4 Å². The number of ketones is 2. The fraction of sp³-hybridized carbons (Fsp3) is 0.300. The Morgan fingerprint density at radius 3 is 1.38 bits per heavy atom. The second-order valence-electron chi connectivity index (χ2n) is 6.35. The van der Waals surface area contributed by atoms with Crippen LogP contribution < -0.4 is 9.47 Å². The van der Waals surface area contributed by atoms with Gasteiger partial charge in [0.05, 0.1) is 23.3 Å². The zero-order valence-electron chi connectivity index (χ0n) is 14.3. The van der Waals surface area contributed by atoms with Crippen LogP contribution in [0.25, 0.3) is 0 Å². The van der Waals surface area contributed by atoms with Crippen LogP contribution in [0.2, 0.25) is 0 Å². The van der Waals surface area contributed by atoms with Crippen molar-refractivity contribution in [2.24, 2.45) is 0 Å². The molecule has 0 spiro atoms. The van der Waals surface area contributed by atoms with Crippen molar-refractivity contribution in [1.29, 1.82) is 0 Å². The van der Waals surface area contributed by atoms with Gasteiger partial charge in [-0.3, -0.25) is 9.59 Å². The Balaban J connectivity index is 2.19. The summed E-state index contributed by atoms with van der Waals surface area (Å²) in [7, 11) is 0. The minimum atomic E-state index is -0.204. The van der Waals surface area contributed by atoms with Crippen molar-refractivity contribution in [3.05, 3.63) is 58.7 Å². The van der Waals surface area contributed by atoms with E-state index >= 15 is 0 Å². The predicted octanol–water partition coefficient (Wildman–Crippen LogP) is 4.04. The monoisotopic (exact) mass is 324 g/mol. The molecule has 2 aromatic rings. The molecule has 0 heterocycles. The summed E-state index contributed by atoms with van der Waals surface area (Å²) < 4.78 is 11.5. The van der Waals surface area contributed by atoms with Gasteiger partial charge in [-0.05, 0) is 39.8 Å². The molecular weight excluding hydrogens is 304 g/mol. The van der Waals surface area contributed by atoms with E-state index < -0.39 is 0 Å². The van der Waals surface area contributed by atoms with Gasteiger partial charge in [-0.2, -0.15) is 0 Å². The molecule has 0 saturated heterocycles. The third kappa shape index (κ3) is 2.68. The van der Waals surface area contributed by atoms with Gasteiger partial charge in [-0.25, -0.2) is 0 Å². The first-order valence-electron chi connectivity index (χ1n) is 8.09. The maximum absolute atomic E-state index is 13.0. The summed E-state index contributed by atoms with van der Waals surface area (Å²) in [5.41, 5.74) is 1.41. The van der Waals surface area contributed by atoms with Crippen molar-refractivity contribution in [2.45, 2.75) is 39.9 Å². The lowest BCUT2D eigenvalue weighted by molar-refractivity contribution is 0.0968. The maximum Gasteiger partial charge on any atom is 0.198 e. The van der Waals surface area contributed by atoms with Gasteiger partial charge in [0, 0.05) is 11.1 Å². The lowest BCUT2D eigenvalue weighted by Gasteiger charge is -2.23. The summed E-state index contributed by atoms with van der Waals surface area (Å²) >= 11 is 0. The molecule has 1 aliphatic carbocycles. The summed E-state index contributed by atoms with van der Waals surface area (Å²) in [4.78, 5) is 26.0. The van der Waals surface area contributed by atoms with E-state index in [0.717, 1.165) is 0 Å². The van der Waals surface area contributed by atoms with Crippen LogP contribution in [0, 0.1) is 0 Å². The molecule has 0 unspecified atom stereocenters. The highest BCUT2D eigenvalue weighted by Crippen LogP contribution is 2.37. The minimum Gasteiger partial charge on any atom is -0.490 e. The molecular formula is C20H20O4. The maximum atomic E-state index is 13.0. The quantitative estimate of drug-likeness (QED) is 0.727. The van der Waals surface area contributed by atoms with Gasteiger partial charge in [0.1, 0.15) is 11.5 Å². The summed E-state index contributed by atoms with van der Waals surface area (Å²) in [6, 6.07) is 10.2. The van der Waals surface area contributed by atoms with Crippen molar-refractivity contribution >= 4 is 11.6 Å². The molecule has 0 fully saturated rings. The molecule has 24 heavy (non-hydrogen) atoms. The molecule has 0 N–H and O–H groups in total. The van der Waals surface area contributed by atoms with Crippen molar-refractivity contribution in [3.63, 3.8) is 0 Å². The number of carbonyl (C=O) groups excluding carboxylic acids is 2. The standard InChI is InChI=1S/C20H20O4/c1-11(2)23-15-9-5-7-13-17(15)19(21)14-8-6-10-16(24-12(3)4)18(14)20(13)22/h5-12H,1-4H3. The van der Waals surface area contributed by atoms with Gasteiger partial charge in [0.2, 0.25) is 0 Å². The normalized spacial score (nSPS) is 13.1. The molecule has 0 radical (unpaired) electrons. The molecule has 0 bridgehead atoms. The number of ether oxygens (including phenoxy) is 2. The molecule has 4 heteroatoms. The average Bonchev–Trinajstić information content (AvgIpc) is 2.51. The van der Waals surface area contributed by atoms with E-state index in [2.05, 4.69) is 0 Å². The van der Waals surface area contributed by atoms with E-state index in [-0.39, 0.29) is 23.8 Å². The first kappa shape index (κ1) is 16.2. The van der Waals surface area contributed by atoms with Gasteiger partial charge in [-0.15, -0.1) is 0 Å². The summed E-state index contributed by atoms with van der Waals surface area (Å²) in [6.07, 6.45) is -0.173. The van der Waals surface area contributed by atoms with Gasteiger partial charge in [0.15, 0.2) is 11.6 Å². The second-order valence-corrected chi connectivity index (χ2v) is 6.35. The van der Waals surface area contributed by atoms with Crippen LogP contribution in [0.1, 0.15) is 59.5 Å². The van der Waals surface area contributed by atoms with Gasteiger partial charge >= 0.3 is 0 Å². The molecule has 0 saturated carbocycles. The van der Waals surface area contributed by atoms with E-state index in [1.807, 2.05) is 27.7 Å². The predicted molar refractivity (Wildman–Crippen MR) is 91.3 cm³/mol. The summed E-state index contributed by atoms with van der Waals surface area (Å²) in [5, 5.41) is 0. The molecule has 1 aliphatic rings. The highest BCUT2D eigenvalue weighted by Gasteiger charge is 2.34. The topological polar surface area (TPSA) is 52.6 Å². The molecule has 124 valence electrons. The Morgan fingerprint density at radius 2 is 1.04 bits per heavy atom. The SMILES string of the molecule is CC(C)Oc1cccc2c1C(=O)c1cccc(OC(C)C)c1C2=O. The fourth-order valence-corrected chi connectivity index (χ4v) is 2.88. The number of carbonyl (C=O) groups is 2. The van der Waals surface area contributed by atoms with Gasteiger partial charge < -0.3 is 9.47 Å². The van der Waals surface area contributed by atoms with Gasteiger partial charge in [0.25, 0.3) is 0 Å². The number of hydrogen-bond donors (Lipinski definition) is 0. The molecule has 2 aromatic carbocycles. The lowest BCUT2D eigenvalue weighted by Crippen LogP contribution is -2.24. The van der Waals surface area contributed by atoms with Crippen molar-refractivity contribution in [2.75, 3.05) is 0 Å². The number of fused-ring (bicyclic) bond motifs is 2. The smallest absolute Gasteiger partial charge is 0.198 e. The molecule has 0 amide bonds. The first-order chi connectivity index (χ1) is 11.4. The lowest BCUT2D eigenvalue weighted by atomic mass is 9.83. The van der Waals surface area contributed by atoms with Crippen molar-refractivity contribution < 1.29 is 19.1 Å². The fourth-order valence-electron chi connectivity index (χ4n) is 2.88. The van der Waals surface area contributed by atoms with E-state index in [4.69, 9.17) is 9.47 Å². The molecule has 0 aliphatic heterocycles. The van der Waals surface area contributed by atoms with Crippen LogP contribution in [-0.4, -0.2) is 23.8 Å². The Morgan fingerprint density at radius 1 is 0.667 bits per heavy atom. The third-order valence-corrected chi connectivity index (χ3v) is 3.72. The minimum absolute atomic E-state index is 0.0867. The zero-order chi connectivity index (χ0) is 17.4. The van der Waals surface area contributed by atoms with Gasteiger partial charge in [-0.1, -0.05) is 24.3 Å². The highest BCUT2D eigenvalue weighted by atomic mass is 16.5. The van der Waals surface area contributed by atoms with Crippen LogP contribution in [0.3, 0.4) is 0 Å². The number of hydrogen-bond acceptors (Lipinski definition) is 4. The van der Waals surface area contributed by atoms with Crippen molar-refractivity contribution in [1.82, 2.24) is 0 Å². The average molecular weight is 324 g/mol. The molecule has 0 aromatic heterocycles. The Hall–Kier alpha value is -2.62. The molecule has 3 rings (SSSR count). The number of rotatable bonds is 4. The van der Waals surface area contributed by atoms with Crippen LogP contribution in [0.5, 0.6) is 11.5 Å². The second kappa shape index (κ2) is 6.11. The molecule has 0 atom stereocenters.